The summed E-state index contributed by atoms with van der Waals surface area (Å²) in [5, 5.41) is 3.47. The SMILES string of the molecule is CCNC(CC)c1ccc(Oc2cccc(Cl)c2F)cc1. The molecule has 0 aromatic heterocycles. The van der Waals surface area contributed by atoms with E-state index in [0.717, 1.165) is 13.0 Å². The van der Waals surface area contributed by atoms with Crippen LogP contribution in [0.25, 0.3) is 0 Å². The van der Waals surface area contributed by atoms with E-state index < -0.39 is 5.82 Å². The normalized spacial score (nSPS) is 12.2. The molecular formula is C17H19ClFNO. The van der Waals surface area contributed by atoms with Crippen LogP contribution in [0.15, 0.2) is 42.5 Å². The Kier molecular flexibility index (Phi) is 5.59. The van der Waals surface area contributed by atoms with Crippen molar-refractivity contribution in [3.8, 4) is 11.5 Å². The molecule has 0 aliphatic rings. The van der Waals surface area contributed by atoms with Gasteiger partial charge in [-0.25, -0.2) is 4.39 Å². The van der Waals surface area contributed by atoms with Gasteiger partial charge in [0.2, 0.25) is 0 Å². The Morgan fingerprint density at radius 1 is 1.14 bits per heavy atom. The lowest BCUT2D eigenvalue weighted by molar-refractivity contribution is 0.442. The summed E-state index contributed by atoms with van der Waals surface area (Å²) in [6, 6.07) is 12.7. The summed E-state index contributed by atoms with van der Waals surface area (Å²) in [6.45, 7) is 5.14. The standard InChI is InChI=1S/C17H19ClFNO/c1-3-15(20-4-2)12-8-10-13(11-9-12)21-16-7-5-6-14(18)17(16)19/h5-11,15,20H,3-4H2,1-2H3. The molecule has 0 aliphatic carbocycles. The fourth-order valence-corrected chi connectivity index (χ4v) is 2.37. The molecule has 1 unspecified atom stereocenters. The average Bonchev–Trinajstić information content (AvgIpc) is 2.50. The number of benzene rings is 2. The second kappa shape index (κ2) is 7.43. The first kappa shape index (κ1) is 15.8. The molecule has 21 heavy (non-hydrogen) atoms. The van der Waals surface area contributed by atoms with Crippen LogP contribution in [0.2, 0.25) is 5.02 Å². The maximum absolute atomic E-state index is 13.8. The fourth-order valence-electron chi connectivity index (χ4n) is 2.20. The summed E-state index contributed by atoms with van der Waals surface area (Å²) in [7, 11) is 0. The Labute approximate surface area is 129 Å². The van der Waals surface area contributed by atoms with Crippen LogP contribution >= 0.6 is 11.6 Å². The van der Waals surface area contributed by atoms with E-state index in [0.29, 0.717) is 11.8 Å². The summed E-state index contributed by atoms with van der Waals surface area (Å²) < 4.78 is 19.3. The van der Waals surface area contributed by atoms with Crippen molar-refractivity contribution >= 4 is 11.6 Å². The van der Waals surface area contributed by atoms with E-state index in [-0.39, 0.29) is 10.8 Å². The van der Waals surface area contributed by atoms with Crippen molar-refractivity contribution in [3.63, 3.8) is 0 Å². The van der Waals surface area contributed by atoms with Crippen molar-refractivity contribution in [1.82, 2.24) is 5.32 Å². The lowest BCUT2D eigenvalue weighted by Gasteiger charge is -2.16. The van der Waals surface area contributed by atoms with E-state index in [9.17, 15) is 4.39 Å². The van der Waals surface area contributed by atoms with Crippen LogP contribution in [0, 0.1) is 5.82 Å². The van der Waals surface area contributed by atoms with Crippen molar-refractivity contribution in [3.05, 3.63) is 58.9 Å². The van der Waals surface area contributed by atoms with Crippen LogP contribution in [-0.4, -0.2) is 6.54 Å². The zero-order valence-corrected chi connectivity index (χ0v) is 13.0. The Morgan fingerprint density at radius 2 is 1.86 bits per heavy atom. The van der Waals surface area contributed by atoms with Gasteiger partial charge in [0.15, 0.2) is 11.6 Å². The van der Waals surface area contributed by atoms with Crippen molar-refractivity contribution in [1.29, 1.82) is 0 Å². The zero-order chi connectivity index (χ0) is 15.2. The van der Waals surface area contributed by atoms with Gasteiger partial charge in [0.25, 0.3) is 0 Å². The molecule has 112 valence electrons. The third-order valence-electron chi connectivity index (χ3n) is 3.29. The average molecular weight is 308 g/mol. The van der Waals surface area contributed by atoms with Crippen molar-refractivity contribution in [2.75, 3.05) is 6.54 Å². The second-order valence-corrected chi connectivity index (χ2v) is 5.15. The maximum Gasteiger partial charge on any atom is 0.184 e. The van der Waals surface area contributed by atoms with E-state index in [4.69, 9.17) is 16.3 Å². The highest BCUT2D eigenvalue weighted by Gasteiger charge is 2.10. The highest BCUT2D eigenvalue weighted by Crippen LogP contribution is 2.29. The minimum Gasteiger partial charge on any atom is -0.454 e. The topological polar surface area (TPSA) is 21.3 Å². The van der Waals surface area contributed by atoms with Gasteiger partial charge in [-0.15, -0.1) is 0 Å². The largest absolute Gasteiger partial charge is 0.454 e. The molecular weight excluding hydrogens is 289 g/mol. The van der Waals surface area contributed by atoms with Gasteiger partial charge >= 0.3 is 0 Å². The summed E-state index contributed by atoms with van der Waals surface area (Å²) in [5.41, 5.74) is 1.19. The number of halogens is 2. The fraction of sp³-hybridized carbons (Fsp3) is 0.294. The quantitative estimate of drug-likeness (QED) is 0.778. The van der Waals surface area contributed by atoms with E-state index in [1.54, 1.807) is 12.1 Å². The predicted molar refractivity (Wildman–Crippen MR) is 84.6 cm³/mol. The molecule has 1 atom stereocenters. The van der Waals surface area contributed by atoms with Gasteiger partial charge in [0.1, 0.15) is 5.75 Å². The van der Waals surface area contributed by atoms with Gasteiger partial charge < -0.3 is 10.1 Å². The molecule has 0 fully saturated rings. The van der Waals surface area contributed by atoms with Crippen molar-refractivity contribution in [2.45, 2.75) is 26.3 Å². The third kappa shape index (κ3) is 3.96. The van der Waals surface area contributed by atoms with E-state index in [1.165, 1.54) is 11.6 Å². The molecule has 2 nitrogen and oxygen atoms in total. The first-order valence-corrected chi connectivity index (χ1v) is 7.48. The van der Waals surface area contributed by atoms with E-state index in [1.807, 2.05) is 24.3 Å². The molecule has 4 heteroatoms. The summed E-state index contributed by atoms with van der Waals surface area (Å²) in [6.07, 6.45) is 1.01. The number of hydrogen-bond acceptors (Lipinski definition) is 2. The van der Waals surface area contributed by atoms with Gasteiger partial charge in [-0.3, -0.25) is 0 Å². The molecule has 1 N–H and O–H groups in total. The molecule has 0 radical (unpaired) electrons. The maximum atomic E-state index is 13.8. The molecule has 0 heterocycles. The van der Waals surface area contributed by atoms with Crippen molar-refractivity contribution < 1.29 is 9.13 Å². The lowest BCUT2D eigenvalue weighted by atomic mass is 10.0. The molecule has 0 spiro atoms. The van der Waals surface area contributed by atoms with Crippen LogP contribution in [-0.2, 0) is 0 Å². The Bertz CT molecular complexity index is 586. The first-order chi connectivity index (χ1) is 10.2. The van der Waals surface area contributed by atoms with Crippen LogP contribution < -0.4 is 10.1 Å². The molecule has 2 aromatic carbocycles. The Balaban J connectivity index is 2.14. The molecule has 2 rings (SSSR count). The molecule has 0 saturated heterocycles. The highest BCUT2D eigenvalue weighted by atomic mass is 35.5. The number of nitrogens with one attached hydrogen (secondary N) is 1. The number of ether oxygens (including phenoxy) is 1. The molecule has 0 aliphatic heterocycles. The van der Waals surface area contributed by atoms with Crippen LogP contribution in [0.5, 0.6) is 11.5 Å². The Hall–Kier alpha value is -1.58. The molecule has 0 bridgehead atoms. The third-order valence-corrected chi connectivity index (χ3v) is 3.58. The van der Waals surface area contributed by atoms with Crippen LogP contribution in [0.1, 0.15) is 31.9 Å². The lowest BCUT2D eigenvalue weighted by Crippen LogP contribution is -2.19. The van der Waals surface area contributed by atoms with E-state index in [2.05, 4.69) is 19.2 Å². The number of rotatable bonds is 6. The number of hydrogen-bond donors (Lipinski definition) is 1. The minimum atomic E-state index is -0.540. The summed E-state index contributed by atoms with van der Waals surface area (Å²) in [5.74, 6) is 0.183. The minimum absolute atomic E-state index is 0.0577. The molecule has 2 aromatic rings. The first-order valence-electron chi connectivity index (χ1n) is 7.10. The van der Waals surface area contributed by atoms with Gasteiger partial charge in [0, 0.05) is 6.04 Å². The molecule has 0 amide bonds. The van der Waals surface area contributed by atoms with E-state index >= 15 is 0 Å². The monoisotopic (exact) mass is 307 g/mol. The van der Waals surface area contributed by atoms with Crippen LogP contribution in [0.3, 0.4) is 0 Å². The molecule has 0 saturated carbocycles. The summed E-state index contributed by atoms with van der Waals surface area (Å²) in [4.78, 5) is 0. The van der Waals surface area contributed by atoms with Gasteiger partial charge in [-0.2, -0.15) is 0 Å². The predicted octanol–water partition coefficient (Wildman–Crippen LogP) is 5.33. The smallest absolute Gasteiger partial charge is 0.184 e. The van der Waals surface area contributed by atoms with Crippen LogP contribution in [0.4, 0.5) is 4.39 Å². The Morgan fingerprint density at radius 3 is 2.48 bits per heavy atom. The summed E-state index contributed by atoms with van der Waals surface area (Å²) >= 11 is 5.74. The van der Waals surface area contributed by atoms with Gasteiger partial charge in [-0.1, -0.05) is 43.6 Å². The van der Waals surface area contributed by atoms with Gasteiger partial charge in [0.05, 0.1) is 5.02 Å². The zero-order valence-electron chi connectivity index (χ0n) is 12.2. The van der Waals surface area contributed by atoms with Crippen molar-refractivity contribution in [2.24, 2.45) is 0 Å². The van der Waals surface area contributed by atoms with Gasteiger partial charge in [-0.05, 0) is 42.8 Å². The highest BCUT2D eigenvalue weighted by molar-refractivity contribution is 6.30. The second-order valence-electron chi connectivity index (χ2n) is 4.74.